The first kappa shape index (κ1) is 14.4. The standard InChI is InChI=1S/C18H24N2/c1-14(2)16-10-8-15(9-11-16)13-20(4)18-7-5-6-17(12-18)19-3/h5-12,14,19H,13H2,1-4H3. The molecule has 1 N–H and O–H groups in total. The van der Waals surface area contributed by atoms with Gasteiger partial charge in [0, 0.05) is 32.0 Å². The molecule has 2 aromatic rings. The van der Waals surface area contributed by atoms with E-state index in [4.69, 9.17) is 0 Å². The van der Waals surface area contributed by atoms with E-state index >= 15 is 0 Å². The molecule has 2 aromatic carbocycles. The van der Waals surface area contributed by atoms with Crippen LogP contribution >= 0.6 is 0 Å². The minimum atomic E-state index is 0.592. The maximum atomic E-state index is 3.18. The van der Waals surface area contributed by atoms with Gasteiger partial charge in [0.15, 0.2) is 0 Å². The Kier molecular flexibility index (Phi) is 4.67. The van der Waals surface area contributed by atoms with E-state index < -0.39 is 0 Å². The molecule has 0 atom stereocenters. The molecule has 20 heavy (non-hydrogen) atoms. The quantitative estimate of drug-likeness (QED) is 0.859. The lowest BCUT2D eigenvalue weighted by Gasteiger charge is -2.20. The Morgan fingerprint density at radius 2 is 1.75 bits per heavy atom. The van der Waals surface area contributed by atoms with Gasteiger partial charge < -0.3 is 10.2 Å². The highest BCUT2D eigenvalue weighted by Gasteiger charge is 2.04. The number of rotatable bonds is 5. The maximum Gasteiger partial charge on any atom is 0.0426 e. The van der Waals surface area contributed by atoms with E-state index in [1.807, 2.05) is 7.05 Å². The zero-order valence-electron chi connectivity index (χ0n) is 12.9. The highest BCUT2D eigenvalue weighted by atomic mass is 15.1. The number of nitrogens with one attached hydrogen (secondary N) is 1. The first-order valence-corrected chi connectivity index (χ1v) is 7.18. The summed E-state index contributed by atoms with van der Waals surface area (Å²) in [6.07, 6.45) is 0. The predicted octanol–water partition coefficient (Wildman–Crippen LogP) is 4.49. The molecule has 2 rings (SSSR count). The normalized spacial score (nSPS) is 10.7. The SMILES string of the molecule is CNc1cccc(N(C)Cc2ccc(C(C)C)cc2)c1. The molecular weight excluding hydrogens is 244 g/mol. The number of anilines is 2. The summed E-state index contributed by atoms with van der Waals surface area (Å²) >= 11 is 0. The fraction of sp³-hybridized carbons (Fsp3) is 0.333. The third kappa shape index (κ3) is 3.53. The van der Waals surface area contributed by atoms with Crippen LogP contribution in [-0.2, 0) is 6.54 Å². The van der Waals surface area contributed by atoms with Crippen LogP contribution in [0.1, 0.15) is 30.9 Å². The van der Waals surface area contributed by atoms with Gasteiger partial charge in [-0.05, 0) is 35.2 Å². The fourth-order valence-corrected chi connectivity index (χ4v) is 2.27. The molecule has 0 bridgehead atoms. The van der Waals surface area contributed by atoms with E-state index in [2.05, 4.69) is 79.6 Å². The molecule has 0 aliphatic carbocycles. The monoisotopic (exact) mass is 268 g/mol. The Morgan fingerprint density at radius 3 is 2.35 bits per heavy atom. The zero-order chi connectivity index (χ0) is 14.5. The van der Waals surface area contributed by atoms with Crippen LogP contribution in [0.3, 0.4) is 0 Å². The molecule has 0 saturated heterocycles. The Bertz CT molecular complexity index is 544. The topological polar surface area (TPSA) is 15.3 Å². The smallest absolute Gasteiger partial charge is 0.0426 e. The minimum absolute atomic E-state index is 0.592. The van der Waals surface area contributed by atoms with Crippen molar-refractivity contribution >= 4 is 11.4 Å². The summed E-state index contributed by atoms with van der Waals surface area (Å²) in [6, 6.07) is 17.4. The van der Waals surface area contributed by atoms with Gasteiger partial charge in [0.1, 0.15) is 0 Å². The second-order valence-electron chi connectivity index (χ2n) is 5.55. The summed E-state index contributed by atoms with van der Waals surface area (Å²) in [5, 5.41) is 3.18. The lowest BCUT2D eigenvalue weighted by atomic mass is 10.0. The Morgan fingerprint density at radius 1 is 1.05 bits per heavy atom. The van der Waals surface area contributed by atoms with Crippen molar-refractivity contribution in [3.8, 4) is 0 Å². The molecule has 0 saturated carbocycles. The molecule has 106 valence electrons. The summed E-state index contributed by atoms with van der Waals surface area (Å²) in [7, 11) is 4.08. The van der Waals surface area contributed by atoms with Gasteiger partial charge in [-0.15, -0.1) is 0 Å². The van der Waals surface area contributed by atoms with Crippen molar-refractivity contribution in [3.05, 3.63) is 59.7 Å². The summed E-state index contributed by atoms with van der Waals surface area (Å²) in [6.45, 7) is 5.38. The molecule has 0 fully saturated rings. The summed E-state index contributed by atoms with van der Waals surface area (Å²) in [5.41, 5.74) is 5.11. The van der Waals surface area contributed by atoms with Crippen molar-refractivity contribution in [1.29, 1.82) is 0 Å². The third-order valence-corrected chi connectivity index (χ3v) is 3.64. The number of nitrogens with zero attached hydrogens (tertiary/aromatic N) is 1. The highest BCUT2D eigenvalue weighted by molar-refractivity contribution is 5.57. The first-order valence-electron chi connectivity index (χ1n) is 7.18. The van der Waals surface area contributed by atoms with E-state index in [9.17, 15) is 0 Å². The first-order chi connectivity index (χ1) is 9.60. The van der Waals surface area contributed by atoms with Crippen LogP contribution in [-0.4, -0.2) is 14.1 Å². The Balaban J connectivity index is 2.08. The summed E-state index contributed by atoms with van der Waals surface area (Å²) < 4.78 is 0. The van der Waals surface area contributed by atoms with Gasteiger partial charge in [0.05, 0.1) is 0 Å². The molecule has 2 nitrogen and oxygen atoms in total. The van der Waals surface area contributed by atoms with E-state index in [1.54, 1.807) is 0 Å². The third-order valence-electron chi connectivity index (χ3n) is 3.64. The molecule has 0 unspecified atom stereocenters. The van der Waals surface area contributed by atoms with Crippen LogP contribution in [0.4, 0.5) is 11.4 Å². The van der Waals surface area contributed by atoms with Crippen molar-refractivity contribution in [2.45, 2.75) is 26.3 Å². The van der Waals surface area contributed by atoms with Crippen LogP contribution in [0.15, 0.2) is 48.5 Å². The lowest BCUT2D eigenvalue weighted by Crippen LogP contribution is -2.16. The van der Waals surface area contributed by atoms with Crippen LogP contribution in [0.25, 0.3) is 0 Å². The molecule has 0 aliphatic heterocycles. The van der Waals surface area contributed by atoms with Crippen molar-refractivity contribution in [2.24, 2.45) is 0 Å². The zero-order valence-corrected chi connectivity index (χ0v) is 12.9. The number of hydrogen-bond donors (Lipinski definition) is 1. The number of hydrogen-bond acceptors (Lipinski definition) is 2. The summed E-state index contributed by atoms with van der Waals surface area (Å²) in [5.74, 6) is 0.592. The van der Waals surface area contributed by atoms with Gasteiger partial charge in [0.25, 0.3) is 0 Å². The van der Waals surface area contributed by atoms with Gasteiger partial charge >= 0.3 is 0 Å². The lowest BCUT2D eigenvalue weighted by molar-refractivity contribution is 0.861. The van der Waals surface area contributed by atoms with Gasteiger partial charge in [0.2, 0.25) is 0 Å². The summed E-state index contributed by atoms with van der Waals surface area (Å²) in [4.78, 5) is 2.27. The van der Waals surface area contributed by atoms with Crippen LogP contribution in [0.5, 0.6) is 0 Å². The van der Waals surface area contributed by atoms with E-state index in [0.29, 0.717) is 5.92 Å². The van der Waals surface area contributed by atoms with Gasteiger partial charge in [-0.2, -0.15) is 0 Å². The average molecular weight is 268 g/mol. The average Bonchev–Trinajstić information content (AvgIpc) is 2.47. The molecule has 0 aliphatic rings. The molecule has 0 aromatic heterocycles. The van der Waals surface area contributed by atoms with Crippen molar-refractivity contribution in [2.75, 3.05) is 24.3 Å². The fourth-order valence-electron chi connectivity index (χ4n) is 2.27. The molecule has 0 heterocycles. The van der Waals surface area contributed by atoms with E-state index in [0.717, 1.165) is 12.2 Å². The largest absolute Gasteiger partial charge is 0.388 e. The Labute approximate surface area is 122 Å². The van der Waals surface area contributed by atoms with Crippen LogP contribution in [0, 0.1) is 0 Å². The van der Waals surface area contributed by atoms with E-state index in [1.165, 1.54) is 16.8 Å². The maximum absolute atomic E-state index is 3.18. The number of benzene rings is 2. The molecule has 0 amide bonds. The second kappa shape index (κ2) is 6.47. The predicted molar refractivity (Wildman–Crippen MR) is 88.6 cm³/mol. The van der Waals surface area contributed by atoms with E-state index in [-0.39, 0.29) is 0 Å². The Hall–Kier alpha value is -1.96. The molecule has 0 spiro atoms. The van der Waals surface area contributed by atoms with Gasteiger partial charge in [-0.25, -0.2) is 0 Å². The van der Waals surface area contributed by atoms with Gasteiger partial charge in [-0.1, -0.05) is 44.2 Å². The van der Waals surface area contributed by atoms with Gasteiger partial charge in [-0.3, -0.25) is 0 Å². The van der Waals surface area contributed by atoms with Crippen LogP contribution < -0.4 is 10.2 Å². The van der Waals surface area contributed by atoms with Crippen molar-refractivity contribution in [1.82, 2.24) is 0 Å². The minimum Gasteiger partial charge on any atom is -0.388 e. The highest BCUT2D eigenvalue weighted by Crippen LogP contribution is 2.21. The molecule has 0 radical (unpaired) electrons. The molecule has 2 heteroatoms. The van der Waals surface area contributed by atoms with Crippen molar-refractivity contribution < 1.29 is 0 Å². The van der Waals surface area contributed by atoms with Crippen molar-refractivity contribution in [3.63, 3.8) is 0 Å². The second-order valence-corrected chi connectivity index (χ2v) is 5.55. The van der Waals surface area contributed by atoms with Crippen LogP contribution in [0.2, 0.25) is 0 Å². The molecular formula is C18H24N2.